The number of carboxylic acid groups (broad SMARTS) is 1. The van der Waals surface area contributed by atoms with E-state index < -0.39 is 5.97 Å². The van der Waals surface area contributed by atoms with Crippen molar-refractivity contribution in [1.29, 1.82) is 0 Å². The van der Waals surface area contributed by atoms with Crippen molar-refractivity contribution < 1.29 is 14.7 Å². The van der Waals surface area contributed by atoms with Gasteiger partial charge in [-0.15, -0.1) is 0 Å². The Morgan fingerprint density at radius 2 is 1.71 bits per heavy atom. The molecule has 0 bridgehead atoms. The van der Waals surface area contributed by atoms with Crippen LogP contribution < -0.4 is 5.32 Å². The summed E-state index contributed by atoms with van der Waals surface area (Å²) in [5, 5.41) is 11.2. The van der Waals surface area contributed by atoms with Gasteiger partial charge in [0.05, 0.1) is 0 Å². The fraction of sp³-hybridized carbons (Fsp3) is 0.846. The van der Waals surface area contributed by atoms with E-state index in [2.05, 4.69) is 26.1 Å². The Bertz CT molecular complexity index is 244. The lowest BCUT2D eigenvalue weighted by atomic mass is 9.90. The third-order valence-electron chi connectivity index (χ3n) is 2.47. The number of carbonyl (C=O) groups is 2. The van der Waals surface area contributed by atoms with Gasteiger partial charge in [0.15, 0.2) is 0 Å². The van der Waals surface area contributed by atoms with Crippen molar-refractivity contribution in [3.8, 4) is 0 Å². The molecule has 0 rings (SSSR count). The summed E-state index contributed by atoms with van der Waals surface area (Å²) in [6.45, 7) is 7.08. The van der Waals surface area contributed by atoms with Gasteiger partial charge in [0, 0.05) is 19.4 Å². The predicted octanol–water partition coefficient (Wildman–Crippen LogP) is 2.57. The summed E-state index contributed by atoms with van der Waals surface area (Å²) in [6, 6.07) is 0. The van der Waals surface area contributed by atoms with Crippen LogP contribution in [0, 0.1) is 5.41 Å². The van der Waals surface area contributed by atoms with Crippen LogP contribution in [-0.4, -0.2) is 23.5 Å². The van der Waals surface area contributed by atoms with Gasteiger partial charge in [-0.05, 0) is 31.1 Å². The maximum absolute atomic E-state index is 11.4. The first kappa shape index (κ1) is 15.9. The van der Waals surface area contributed by atoms with Crippen LogP contribution in [-0.2, 0) is 9.59 Å². The van der Waals surface area contributed by atoms with Crippen molar-refractivity contribution in [2.45, 2.75) is 59.3 Å². The van der Waals surface area contributed by atoms with E-state index in [-0.39, 0.29) is 17.7 Å². The summed E-state index contributed by atoms with van der Waals surface area (Å²) in [7, 11) is 0. The lowest BCUT2D eigenvalue weighted by molar-refractivity contribution is -0.137. The third kappa shape index (κ3) is 12.9. The Morgan fingerprint density at radius 3 is 2.24 bits per heavy atom. The Kier molecular flexibility index (Phi) is 7.59. The smallest absolute Gasteiger partial charge is 0.303 e. The first-order chi connectivity index (χ1) is 7.81. The van der Waals surface area contributed by atoms with E-state index in [4.69, 9.17) is 5.11 Å². The van der Waals surface area contributed by atoms with Gasteiger partial charge in [-0.1, -0.05) is 20.8 Å². The van der Waals surface area contributed by atoms with E-state index in [1.54, 1.807) is 0 Å². The number of rotatable bonds is 8. The minimum absolute atomic E-state index is 0.0737. The highest BCUT2D eigenvalue weighted by molar-refractivity contribution is 5.75. The molecule has 0 saturated carbocycles. The third-order valence-corrected chi connectivity index (χ3v) is 2.47. The summed E-state index contributed by atoms with van der Waals surface area (Å²) in [6.07, 6.45) is 4.05. The van der Waals surface area contributed by atoms with Gasteiger partial charge in [-0.3, -0.25) is 9.59 Å². The molecule has 0 aromatic heterocycles. The summed E-state index contributed by atoms with van der Waals surface area (Å²) >= 11 is 0. The van der Waals surface area contributed by atoms with Crippen molar-refractivity contribution in [2.75, 3.05) is 6.54 Å². The van der Waals surface area contributed by atoms with Crippen LogP contribution in [0.25, 0.3) is 0 Å². The second-order valence-corrected chi connectivity index (χ2v) is 5.62. The Hall–Kier alpha value is -1.06. The zero-order valence-corrected chi connectivity index (χ0v) is 11.2. The Labute approximate surface area is 104 Å². The maximum Gasteiger partial charge on any atom is 0.303 e. The van der Waals surface area contributed by atoms with E-state index >= 15 is 0 Å². The monoisotopic (exact) mass is 243 g/mol. The minimum Gasteiger partial charge on any atom is -0.481 e. The molecule has 4 nitrogen and oxygen atoms in total. The molecule has 0 spiro atoms. The molecule has 2 N–H and O–H groups in total. The fourth-order valence-electron chi connectivity index (χ4n) is 1.50. The second kappa shape index (κ2) is 8.09. The average molecular weight is 243 g/mol. The molecule has 0 aliphatic rings. The van der Waals surface area contributed by atoms with Gasteiger partial charge < -0.3 is 10.4 Å². The lowest BCUT2D eigenvalue weighted by Gasteiger charge is -2.17. The van der Waals surface area contributed by atoms with E-state index in [0.29, 0.717) is 19.4 Å². The molecule has 0 aliphatic carbocycles. The highest BCUT2D eigenvalue weighted by Gasteiger charge is 2.10. The molecule has 0 saturated heterocycles. The molecule has 0 aromatic carbocycles. The van der Waals surface area contributed by atoms with Crippen LogP contribution in [0.4, 0.5) is 0 Å². The molecule has 0 aliphatic heterocycles. The number of amides is 1. The first-order valence-electron chi connectivity index (χ1n) is 6.30. The molecule has 0 heterocycles. The number of carboxylic acids is 1. The summed E-state index contributed by atoms with van der Waals surface area (Å²) < 4.78 is 0. The summed E-state index contributed by atoms with van der Waals surface area (Å²) in [5.41, 5.74) is 0.280. The van der Waals surface area contributed by atoms with Crippen LogP contribution in [0.5, 0.6) is 0 Å². The predicted molar refractivity (Wildman–Crippen MR) is 67.8 cm³/mol. The largest absolute Gasteiger partial charge is 0.481 e. The zero-order chi connectivity index (χ0) is 13.3. The normalized spacial score (nSPS) is 11.2. The molecule has 0 unspecified atom stereocenters. The van der Waals surface area contributed by atoms with Crippen molar-refractivity contribution in [2.24, 2.45) is 5.41 Å². The van der Waals surface area contributed by atoms with Crippen LogP contribution in [0.1, 0.15) is 59.3 Å². The quantitative estimate of drug-likeness (QED) is 0.644. The fourth-order valence-corrected chi connectivity index (χ4v) is 1.50. The van der Waals surface area contributed by atoms with E-state index in [1.807, 2.05) is 0 Å². The summed E-state index contributed by atoms with van der Waals surface area (Å²) in [4.78, 5) is 21.6. The number of hydrogen-bond donors (Lipinski definition) is 2. The second-order valence-electron chi connectivity index (χ2n) is 5.62. The molecule has 100 valence electrons. The molecule has 4 heteroatoms. The number of carbonyl (C=O) groups excluding carboxylic acids is 1. The molecule has 1 amide bonds. The van der Waals surface area contributed by atoms with Gasteiger partial charge in [0.25, 0.3) is 0 Å². The van der Waals surface area contributed by atoms with Crippen LogP contribution in [0.2, 0.25) is 0 Å². The number of hydrogen-bond acceptors (Lipinski definition) is 2. The highest BCUT2D eigenvalue weighted by Crippen LogP contribution is 2.21. The van der Waals surface area contributed by atoms with Crippen molar-refractivity contribution >= 4 is 11.9 Å². The molecular formula is C13H25NO3. The van der Waals surface area contributed by atoms with Crippen molar-refractivity contribution in [3.05, 3.63) is 0 Å². The molecule has 0 atom stereocenters. The topological polar surface area (TPSA) is 66.4 Å². The Balaban J connectivity index is 3.38. The SMILES string of the molecule is CC(C)(C)CCCC(=O)NCCCCC(=O)O. The van der Waals surface area contributed by atoms with Gasteiger partial charge in [-0.25, -0.2) is 0 Å². The van der Waals surface area contributed by atoms with E-state index in [9.17, 15) is 9.59 Å². The molecule has 0 radical (unpaired) electrons. The first-order valence-corrected chi connectivity index (χ1v) is 6.30. The lowest BCUT2D eigenvalue weighted by Crippen LogP contribution is -2.24. The Morgan fingerprint density at radius 1 is 1.06 bits per heavy atom. The van der Waals surface area contributed by atoms with Crippen LogP contribution >= 0.6 is 0 Å². The van der Waals surface area contributed by atoms with Crippen molar-refractivity contribution in [1.82, 2.24) is 5.32 Å². The van der Waals surface area contributed by atoms with E-state index in [1.165, 1.54) is 0 Å². The van der Waals surface area contributed by atoms with E-state index in [0.717, 1.165) is 19.3 Å². The van der Waals surface area contributed by atoms with Crippen LogP contribution in [0.3, 0.4) is 0 Å². The van der Waals surface area contributed by atoms with Gasteiger partial charge in [0.1, 0.15) is 0 Å². The van der Waals surface area contributed by atoms with Gasteiger partial charge in [0.2, 0.25) is 5.91 Å². The molecule has 0 aromatic rings. The standard InChI is InChI=1S/C13H25NO3/c1-13(2,3)9-6-7-11(15)14-10-5-4-8-12(16)17/h4-10H2,1-3H3,(H,14,15)(H,16,17). The molecular weight excluding hydrogens is 218 g/mol. The summed E-state index contributed by atoms with van der Waals surface area (Å²) in [5.74, 6) is -0.703. The number of unbranched alkanes of at least 4 members (excludes halogenated alkanes) is 1. The maximum atomic E-state index is 11.4. The molecule has 17 heavy (non-hydrogen) atoms. The van der Waals surface area contributed by atoms with Gasteiger partial charge >= 0.3 is 5.97 Å². The zero-order valence-electron chi connectivity index (χ0n) is 11.2. The minimum atomic E-state index is -0.776. The van der Waals surface area contributed by atoms with Crippen molar-refractivity contribution in [3.63, 3.8) is 0 Å². The number of nitrogens with one attached hydrogen (secondary N) is 1. The van der Waals surface area contributed by atoms with Gasteiger partial charge in [-0.2, -0.15) is 0 Å². The number of aliphatic carboxylic acids is 1. The van der Waals surface area contributed by atoms with Crippen LogP contribution in [0.15, 0.2) is 0 Å². The average Bonchev–Trinajstić information content (AvgIpc) is 2.14. The highest BCUT2D eigenvalue weighted by atomic mass is 16.4. The molecule has 0 fully saturated rings.